The van der Waals surface area contributed by atoms with Gasteiger partial charge in [0.25, 0.3) is 9.05 Å². The monoisotopic (exact) mass is 316 g/mol. The van der Waals surface area contributed by atoms with Crippen molar-refractivity contribution in [2.24, 2.45) is 5.92 Å². The van der Waals surface area contributed by atoms with E-state index in [0.29, 0.717) is 34.8 Å². The molecule has 1 aliphatic carbocycles. The van der Waals surface area contributed by atoms with Gasteiger partial charge in [0.2, 0.25) is 0 Å². The quantitative estimate of drug-likeness (QED) is 0.632. The van der Waals surface area contributed by atoms with Crippen molar-refractivity contribution in [1.29, 1.82) is 0 Å². The molecular weight excluding hydrogens is 300 g/mol. The smallest absolute Gasteiger partial charge is 0.338 e. The second-order valence-corrected chi connectivity index (χ2v) is 7.82. The standard InChI is InChI=1S/C14H17ClO4S/c1-8-6-9(2)13(20(15,17)18)10(3)12(8)14(16)19-7-11-4-5-11/h6,11H,4-5,7H2,1-3H3. The summed E-state index contributed by atoms with van der Waals surface area (Å²) >= 11 is 0. The van der Waals surface area contributed by atoms with E-state index in [9.17, 15) is 13.2 Å². The fourth-order valence-corrected chi connectivity index (χ4v) is 4.03. The molecule has 0 aliphatic heterocycles. The first-order valence-electron chi connectivity index (χ1n) is 6.44. The minimum atomic E-state index is -3.89. The summed E-state index contributed by atoms with van der Waals surface area (Å²) in [5, 5.41) is 0. The molecule has 1 saturated carbocycles. The molecule has 4 nitrogen and oxygen atoms in total. The van der Waals surface area contributed by atoms with Crippen LogP contribution in [0.4, 0.5) is 0 Å². The van der Waals surface area contributed by atoms with E-state index < -0.39 is 15.0 Å². The van der Waals surface area contributed by atoms with Gasteiger partial charge in [0, 0.05) is 10.7 Å². The Morgan fingerprint density at radius 3 is 2.40 bits per heavy atom. The third-order valence-corrected chi connectivity index (χ3v) is 5.07. The maximum absolute atomic E-state index is 12.1. The van der Waals surface area contributed by atoms with Gasteiger partial charge in [-0.1, -0.05) is 6.07 Å². The Kier molecular flexibility index (Phi) is 4.12. The van der Waals surface area contributed by atoms with Gasteiger partial charge in [-0.25, -0.2) is 13.2 Å². The van der Waals surface area contributed by atoms with Gasteiger partial charge < -0.3 is 4.74 Å². The summed E-state index contributed by atoms with van der Waals surface area (Å²) in [6.07, 6.45) is 2.17. The normalized spacial score (nSPS) is 15.2. The Bertz CT molecular complexity index is 660. The number of rotatable bonds is 4. The summed E-state index contributed by atoms with van der Waals surface area (Å²) in [7, 11) is 1.56. The molecule has 2 rings (SSSR count). The first-order chi connectivity index (χ1) is 9.21. The molecule has 1 aromatic carbocycles. The molecule has 6 heteroatoms. The first-order valence-corrected chi connectivity index (χ1v) is 8.75. The molecule has 0 heterocycles. The summed E-state index contributed by atoms with van der Waals surface area (Å²) in [5.74, 6) is -0.0188. The number of halogens is 1. The summed E-state index contributed by atoms with van der Waals surface area (Å²) in [6, 6.07) is 1.65. The molecule has 0 saturated heterocycles. The SMILES string of the molecule is Cc1cc(C)c(S(=O)(=O)Cl)c(C)c1C(=O)OCC1CC1. The number of benzene rings is 1. The third kappa shape index (κ3) is 3.15. The second-order valence-electron chi connectivity index (χ2n) is 5.32. The highest BCUT2D eigenvalue weighted by molar-refractivity contribution is 8.13. The molecule has 0 amide bonds. The van der Waals surface area contributed by atoms with Crippen LogP contribution in [-0.2, 0) is 13.8 Å². The number of aryl methyl sites for hydroxylation is 2. The molecular formula is C14H17ClO4S. The molecule has 1 aromatic rings. The van der Waals surface area contributed by atoms with Crippen molar-refractivity contribution in [3.05, 3.63) is 28.3 Å². The maximum atomic E-state index is 12.1. The van der Waals surface area contributed by atoms with Crippen LogP contribution in [0.15, 0.2) is 11.0 Å². The highest BCUT2D eigenvalue weighted by Crippen LogP contribution is 2.31. The Morgan fingerprint density at radius 2 is 1.90 bits per heavy atom. The molecule has 110 valence electrons. The van der Waals surface area contributed by atoms with Crippen molar-refractivity contribution in [2.75, 3.05) is 6.61 Å². The van der Waals surface area contributed by atoms with Crippen LogP contribution >= 0.6 is 10.7 Å². The van der Waals surface area contributed by atoms with Crippen LogP contribution in [0.1, 0.15) is 39.9 Å². The van der Waals surface area contributed by atoms with Crippen LogP contribution in [0.5, 0.6) is 0 Å². The summed E-state index contributed by atoms with van der Waals surface area (Å²) in [4.78, 5) is 12.2. The fraction of sp³-hybridized carbons (Fsp3) is 0.500. The molecule has 20 heavy (non-hydrogen) atoms. The van der Waals surface area contributed by atoms with Crippen LogP contribution in [0.25, 0.3) is 0 Å². The topological polar surface area (TPSA) is 60.4 Å². The third-order valence-electron chi connectivity index (χ3n) is 3.50. The van der Waals surface area contributed by atoms with Gasteiger partial charge in [-0.05, 0) is 56.2 Å². The lowest BCUT2D eigenvalue weighted by Crippen LogP contribution is -2.14. The number of ether oxygens (including phenoxy) is 1. The summed E-state index contributed by atoms with van der Waals surface area (Å²) in [6.45, 7) is 5.41. The summed E-state index contributed by atoms with van der Waals surface area (Å²) < 4.78 is 28.5. The Balaban J connectivity index is 2.43. The second kappa shape index (κ2) is 5.37. The number of esters is 1. The highest BCUT2D eigenvalue weighted by Gasteiger charge is 2.27. The molecule has 0 atom stereocenters. The average molecular weight is 317 g/mol. The Labute approximate surface area is 123 Å². The summed E-state index contributed by atoms with van der Waals surface area (Å²) in [5.41, 5.74) is 1.90. The van der Waals surface area contributed by atoms with Crippen molar-refractivity contribution < 1.29 is 17.9 Å². The van der Waals surface area contributed by atoms with E-state index in [2.05, 4.69) is 0 Å². The molecule has 0 spiro atoms. The fourth-order valence-electron chi connectivity index (χ4n) is 2.41. The van der Waals surface area contributed by atoms with Gasteiger partial charge in [0.05, 0.1) is 17.1 Å². The number of hydrogen-bond donors (Lipinski definition) is 0. The molecule has 1 aliphatic rings. The van der Waals surface area contributed by atoms with Crippen molar-refractivity contribution in [1.82, 2.24) is 0 Å². The van der Waals surface area contributed by atoms with Crippen LogP contribution in [0.3, 0.4) is 0 Å². The molecule has 0 aromatic heterocycles. The number of carbonyl (C=O) groups is 1. The van der Waals surface area contributed by atoms with Crippen molar-refractivity contribution in [3.63, 3.8) is 0 Å². The van der Waals surface area contributed by atoms with Crippen molar-refractivity contribution >= 4 is 25.7 Å². The average Bonchev–Trinajstić information content (AvgIpc) is 3.06. The molecule has 0 unspecified atom stereocenters. The van der Waals surface area contributed by atoms with E-state index in [-0.39, 0.29) is 4.90 Å². The van der Waals surface area contributed by atoms with Crippen molar-refractivity contribution in [3.8, 4) is 0 Å². The van der Waals surface area contributed by atoms with Crippen LogP contribution in [0.2, 0.25) is 0 Å². The van der Waals surface area contributed by atoms with Gasteiger partial charge in [0.15, 0.2) is 0 Å². The van der Waals surface area contributed by atoms with Crippen LogP contribution in [0, 0.1) is 26.7 Å². The molecule has 0 bridgehead atoms. The zero-order valence-electron chi connectivity index (χ0n) is 11.7. The van der Waals surface area contributed by atoms with Crippen LogP contribution < -0.4 is 0 Å². The lowest BCUT2D eigenvalue weighted by atomic mass is 10.00. The molecule has 1 fully saturated rings. The molecule has 0 radical (unpaired) electrons. The lowest BCUT2D eigenvalue weighted by Gasteiger charge is -2.14. The zero-order chi connectivity index (χ0) is 15.1. The molecule has 0 N–H and O–H groups in total. The van der Waals surface area contributed by atoms with Gasteiger partial charge in [-0.3, -0.25) is 0 Å². The van der Waals surface area contributed by atoms with E-state index >= 15 is 0 Å². The van der Waals surface area contributed by atoms with Gasteiger partial charge >= 0.3 is 5.97 Å². The zero-order valence-corrected chi connectivity index (χ0v) is 13.3. The van der Waals surface area contributed by atoms with E-state index in [1.807, 2.05) is 0 Å². The van der Waals surface area contributed by atoms with E-state index in [1.165, 1.54) is 0 Å². The predicted octanol–water partition coefficient (Wildman–Crippen LogP) is 3.11. The number of carbonyl (C=O) groups excluding carboxylic acids is 1. The number of hydrogen-bond acceptors (Lipinski definition) is 4. The first kappa shape index (κ1) is 15.3. The predicted molar refractivity (Wildman–Crippen MR) is 76.7 cm³/mol. The lowest BCUT2D eigenvalue weighted by molar-refractivity contribution is 0.0484. The minimum Gasteiger partial charge on any atom is -0.462 e. The van der Waals surface area contributed by atoms with E-state index in [1.54, 1.807) is 26.8 Å². The maximum Gasteiger partial charge on any atom is 0.338 e. The Morgan fingerprint density at radius 1 is 1.30 bits per heavy atom. The van der Waals surface area contributed by atoms with Gasteiger partial charge in [-0.15, -0.1) is 0 Å². The van der Waals surface area contributed by atoms with Crippen molar-refractivity contribution in [2.45, 2.75) is 38.5 Å². The minimum absolute atomic E-state index is 0.00291. The Hall–Kier alpha value is -1.07. The van der Waals surface area contributed by atoms with Gasteiger partial charge in [-0.2, -0.15) is 0 Å². The van der Waals surface area contributed by atoms with Crippen LogP contribution in [-0.4, -0.2) is 21.0 Å². The highest BCUT2D eigenvalue weighted by atomic mass is 35.7. The van der Waals surface area contributed by atoms with Gasteiger partial charge in [0.1, 0.15) is 0 Å². The largest absolute Gasteiger partial charge is 0.462 e. The van der Waals surface area contributed by atoms with E-state index in [0.717, 1.165) is 12.8 Å². The van der Waals surface area contributed by atoms with E-state index in [4.69, 9.17) is 15.4 Å².